The molecule has 4 heteroatoms. The average Bonchev–Trinajstić information content (AvgIpc) is 2.69. The predicted octanol–water partition coefficient (Wildman–Crippen LogP) is 5.06. The highest BCUT2D eigenvalue weighted by Crippen LogP contribution is 2.26. The number of aryl methyl sites for hydroxylation is 2. The van der Waals surface area contributed by atoms with Crippen LogP contribution in [0.25, 0.3) is 16.5 Å². The molecule has 0 atom stereocenters. The molecule has 0 aliphatic rings. The third-order valence-corrected chi connectivity index (χ3v) is 4.74. The molecule has 138 valence electrons. The Morgan fingerprint density at radius 2 is 1.57 bits per heavy atom. The average molecular weight is 368 g/mol. The third kappa shape index (κ3) is 3.21. The van der Waals surface area contributed by atoms with Crippen molar-refractivity contribution in [2.45, 2.75) is 13.8 Å². The maximum atomic E-state index is 13.1. The van der Waals surface area contributed by atoms with Crippen LogP contribution in [0.5, 0.6) is 5.88 Å². The summed E-state index contributed by atoms with van der Waals surface area (Å²) in [5.74, 6) is -0.121. The molecule has 1 aromatic heterocycles. The van der Waals surface area contributed by atoms with Crippen molar-refractivity contribution in [2.75, 3.05) is 0 Å². The second-order valence-corrected chi connectivity index (χ2v) is 6.86. The zero-order chi connectivity index (χ0) is 19.7. The highest BCUT2D eigenvalue weighted by Gasteiger charge is 2.16. The van der Waals surface area contributed by atoms with Gasteiger partial charge in [-0.2, -0.15) is 0 Å². The van der Waals surface area contributed by atoms with Crippen LogP contribution in [0.3, 0.4) is 0 Å². The first-order chi connectivity index (χ1) is 13.5. The van der Waals surface area contributed by atoms with Gasteiger partial charge in [0.2, 0.25) is 5.88 Å². The van der Waals surface area contributed by atoms with E-state index in [2.05, 4.69) is 4.99 Å². The smallest absolute Gasteiger partial charge is 0.265 e. The van der Waals surface area contributed by atoms with Gasteiger partial charge in [0, 0.05) is 17.0 Å². The largest absolute Gasteiger partial charge is 0.494 e. The van der Waals surface area contributed by atoms with Crippen LogP contribution in [0.15, 0.2) is 82.6 Å². The minimum absolute atomic E-state index is 0.121. The van der Waals surface area contributed by atoms with Crippen molar-refractivity contribution in [3.8, 4) is 11.6 Å². The number of hydrogen-bond donors (Lipinski definition) is 1. The number of aliphatic imine (C=N–C) groups is 1. The molecule has 3 aromatic carbocycles. The summed E-state index contributed by atoms with van der Waals surface area (Å²) in [7, 11) is 0. The summed E-state index contributed by atoms with van der Waals surface area (Å²) in [6.45, 7) is 3.98. The Bertz CT molecular complexity index is 1250. The van der Waals surface area contributed by atoms with E-state index in [1.54, 1.807) is 12.3 Å². The zero-order valence-corrected chi connectivity index (χ0v) is 15.8. The molecule has 0 saturated carbocycles. The molecule has 0 radical (unpaired) electrons. The summed E-state index contributed by atoms with van der Waals surface area (Å²) in [4.78, 5) is 17.6. The van der Waals surface area contributed by atoms with Crippen molar-refractivity contribution >= 4 is 22.7 Å². The van der Waals surface area contributed by atoms with Gasteiger partial charge in [-0.25, -0.2) is 4.57 Å². The van der Waals surface area contributed by atoms with Gasteiger partial charge in [-0.1, -0.05) is 48.0 Å². The first-order valence-corrected chi connectivity index (χ1v) is 9.09. The summed E-state index contributed by atoms with van der Waals surface area (Å²) >= 11 is 0. The van der Waals surface area contributed by atoms with Crippen LogP contribution < -0.4 is 5.56 Å². The topological polar surface area (TPSA) is 54.6 Å². The van der Waals surface area contributed by atoms with E-state index in [4.69, 9.17) is 0 Å². The fourth-order valence-electron chi connectivity index (χ4n) is 3.27. The highest BCUT2D eigenvalue weighted by molar-refractivity contribution is 6.02. The fourth-order valence-corrected chi connectivity index (χ4v) is 3.27. The molecule has 0 aliphatic carbocycles. The van der Waals surface area contributed by atoms with Crippen molar-refractivity contribution in [1.82, 2.24) is 4.57 Å². The number of pyridine rings is 1. The minimum atomic E-state index is -0.260. The Morgan fingerprint density at radius 3 is 2.29 bits per heavy atom. The van der Waals surface area contributed by atoms with Gasteiger partial charge in [-0.3, -0.25) is 9.79 Å². The lowest BCUT2D eigenvalue weighted by atomic mass is 10.1. The quantitative estimate of drug-likeness (QED) is 0.514. The maximum absolute atomic E-state index is 13.1. The number of fused-ring (bicyclic) bond motifs is 1. The molecular formula is C24H20N2O2. The van der Waals surface area contributed by atoms with Gasteiger partial charge in [0.15, 0.2) is 0 Å². The molecule has 0 saturated heterocycles. The van der Waals surface area contributed by atoms with Crippen molar-refractivity contribution in [2.24, 2.45) is 4.99 Å². The van der Waals surface area contributed by atoms with E-state index < -0.39 is 0 Å². The molecule has 4 aromatic rings. The number of hydrogen-bond acceptors (Lipinski definition) is 3. The molecule has 28 heavy (non-hydrogen) atoms. The third-order valence-electron chi connectivity index (χ3n) is 4.74. The van der Waals surface area contributed by atoms with Gasteiger partial charge >= 0.3 is 0 Å². The van der Waals surface area contributed by atoms with Crippen molar-refractivity contribution in [3.63, 3.8) is 0 Å². The van der Waals surface area contributed by atoms with E-state index in [9.17, 15) is 9.90 Å². The molecule has 0 unspecified atom stereocenters. The number of aromatic nitrogens is 1. The van der Waals surface area contributed by atoms with Gasteiger partial charge in [-0.05, 0) is 49.7 Å². The molecule has 0 bridgehead atoms. The number of rotatable bonds is 3. The SMILES string of the molecule is Cc1ccc(-n2c(O)c(C=Nc3cccc(C)c3)c3ccccc3c2=O)cc1. The number of benzene rings is 3. The molecule has 4 rings (SSSR count). The minimum Gasteiger partial charge on any atom is -0.494 e. The predicted molar refractivity (Wildman–Crippen MR) is 114 cm³/mol. The zero-order valence-electron chi connectivity index (χ0n) is 15.8. The Labute approximate surface area is 163 Å². The van der Waals surface area contributed by atoms with Gasteiger partial charge in [0.25, 0.3) is 5.56 Å². The van der Waals surface area contributed by atoms with Crippen LogP contribution in [-0.4, -0.2) is 15.9 Å². The Balaban J connectivity index is 1.97. The van der Waals surface area contributed by atoms with E-state index in [1.165, 1.54) is 4.57 Å². The normalized spacial score (nSPS) is 11.4. The lowest BCUT2D eigenvalue weighted by Gasteiger charge is -2.14. The molecule has 0 spiro atoms. The van der Waals surface area contributed by atoms with E-state index in [0.717, 1.165) is 16.8 Å². The van der Waals surface area contributed by atoms with Gasteiger partial charge < -0.3 is 5.11 Å². The van der Waals surface area contributed by atoms with Gasteiger partial charge in [0.05, 0.1) is 16.9 Å². The number of nitrogens with zero attached hydrogens (tertiary/aromatic N) is 2. The molecule has 4 nitrogen and oxygen atoms in total. The highest BCUT2D eigenvalue weighted by atomic mass is 16.3. The fraction of sp³-hybridized carbons (Fsp3) is 0.0833. The van der Waals surface area contributed by atoms with E-state index in [-0.39, 0.29) is 11.4 Å². The van der Waals surface area contributed by atoms with Crippen molar-refractivity contribution < 1.29 is 5.11 Å². The van der Waals surface area contributed by atoms with Crippen molar-refractivity contribution in [1.29, 1.82) is 0 Å². The monoisotopic (exact) mass is 368 g/mol. The second-order valence-electron chi connectivity index (χ2n) is 6.86. The van der Waals surface area contributed by atoms with Crippen LogP contribution in [0.2, 0.25) is 0 Å². The summed E-state index contributed by atoms with van der Waals surface area (Å²) in [5.41, 5.74) is 3.84. The second kappa shape index (κ2) is 7.16. The summed E-state index contributed by atoms with van der Waals surface area (Å²) < 4.78 is 1.33. The summed E-state index contributed by atoms with van der Waals surface area (Å²) in [6.07, 6.45) is 1.62. The Morgan fingerprint density at radius 1 is 0.857 bits per heavy atom. The Hall–Kier alpha value is -3.66. The van der Waals surface area contributed by atoms with Crippen LogP contribution in [0.4, 0.5) is 5.69 Å². The van der Waals surface area contributed by atoms with Crippen LogP contribution in [0, 0.1) is 13.8 Å². The lowest BCUT2D eigenvalue weighted by molar-refractivity contribution is 0.436. The van der Waals surface area contributed by atoms with E-state index >= 15 is 0 Å². The lowest BCUT2D eigenvalue weighted by Crippen LogP contribution is -2.20. The van der Waals surface area contributed by atoms with Gasteiger partial charge in [-0.15, -0.1) is 0 Å². The van der Waals surface area contributed by atoms with Crippen LogP contribution in [0.1, 0.15) is 16.7 Å². The standard InChI is InChI=1S/C24H20N2O2/c1-16-10-12-19(13-11-16)26-23(27)21-9-4-3-8-20(21)22(24(26)28)15-25-18-7-5-6-17(2)14-18/h3-15,28H,1-2H3. The summed E-state index contributed by atoms with van der Waals surface area (Å²) in [6, 6.07) is 22.6. The molecule has 1 heterocycles. The number of aromatic hydroxyl groups is 1. The van der Waals surface area contributed by atoms with Crippen molar-refractivity contribution in [3.05, 3.63) is 99.8 Å². The maximum Gasteiger partial charge on any atom is 0.265 e. The molecule has 0 aliphatic heterocycles. The molecule has 1 N–H and O–H groups in total. The van der Waals surface area contributed by atoms with Crippen LogP contribution >= 0.6 is 0 Å². The Kier molecular flexibility index (Phi) is 4.53. The van der Waals surface area contributed by atoms with Gasteiger partial charge in [0.1, 0.15) is 0 Å². The molecule has 0 amide bonds. The van der Waals surface area contributed by atoms with E-state index in [0.29, 0.717) is 22.0 Å². The van der Waals surface area contributed by atoms with E-state index in [1.807, 2.05) is 80.6 Å². The first kappa shape index (κ1) is 17.7. The van der Waals surface area contributed by atoms with Crippen LogP contribution in [-0.2, 0) is 0 Å². The molecule has 0 fully saturated rings. The summed E-state index contributed by atoms with van der Waals surface area (Å²) in [5, 5.41) is 12.2. The molecular weight excluding hydrogens is 348 g/mol. The first-order valence-electron chi connectivity index (χ1n) is 9.09.